The van der Waals surface area contributed by atoms with Crippen molar-refractivity contribution in [2.75, 3.05) is 42.9 Å². The molecule has 0 radical (unpaired) electrons. The molecule has 24 heavy (non-hydrogen) atoms. The maximum atomic E-state index is 12.2. The first-order valence-electron chi connectivity index (χ1n) is 7.75. The van der Waals surface area contributed by atoms with E-state index >= 15 is 0 Å². The minimum Gasteiger partial charge on any atom is -0.354 e. The van der Waals surface area contributed by atoms with Gasteiger partial charge in [-0.3, -0.25) is 9.69 Å². The lowest BCUT2D eigenvalue weighted by atomic mass is 10.3. The lowest BCUT2D eigenvalue weighted by Crippen LogP contribution is -2.48. The highest BCUT2D eigenvalue weighted by molar-refractivity contribution is 9.10. The zero-order valence-corrected chi connectivity index (χ0v) is 15.4. The number of aromatic nitrogens is 1. The van der Waals surface area contributed by atoms with E-state index < -0.39 is 0 Å². The summed E-state index contributed by atoms with van der Waals surface area (Å²) in [7, 11) is 0. The van der Waals surface area contributed by atoms with Crippen LogP contribution in [-0.4, -0.2) is 48.5 Å². The van der Waals surface area contributed by atoms with Crippen LogP contribution in [-0.2, 0) is 4.79 Å². The van der Waals surface area contributed by atoms with Crippen molar-refractivity contribution in [2.24, 2.45) is 0 Å². The second-order valence-corrected chi connectivity index (χ2v) is 6.95. The summed E-state index contributed by atoms with van der Waals surface area (Å²) < 4.78 is 0.885. The molecule has 5 nitrogen and oxygen atoms in total. The van der Waals surface area contributed by atoms with E-state index in [1.165, 1.54) is 0 Å². The Balaban J connectivity index is 1.50. The molecular weight excluding hydrogens is 392 g/mol. The van der Waals surface area contributed by atoms with Crippen molar-refractivity contribution in [3.63, 3.8) is 0 Å². The fraction of sp³-hybridized carbons (Fsp3) is 0.294. The van der Waals surface area contributed by atoms with Gasteiger partial charge in [-0.2, -0.15) is 0 Å². The van der Waals surface area contributed by atoms with Crippen molar-refractivity contribution >= 4 is 44.9 Å². The number of carbonyl (C=O) groups is 1. The van der Waals surface area contributed by atoms with Gasteiger partial charge in [-0.1, -0.05) is 33.6 Å². The van der Waals surface area contributed by atoms with Crippen molar-refractivity contribution in [1.29, 1.82) is 0 Å². The molecule has 2 aromatic rings. The first-order chi connectivity index (χ1) is 11.6. The molecule has 2 heterocycles. The minimum atomic E-state index is -0.0505. The SMILES string of the molecule is O=C(CN1CCN(c2ccccn2)CC1)Nc1ccc(Br)cc1Cl. The maximum Gasteiger partial charge on any atom is 0.238 e. The first-order valence-corrected chi connectivity index (χ1v) is 8.92. The van der Waals surface area contributed by atoms with E-state index in [0.717, 1.165) is 36.5 Å². The third kappa shape index (κ3) is 4.47. The second-order valence-electron chi connectivity index (χ2n) is 5.62. The van der Waals surface area contributed by atoms with Crippen LogP contribution in [0.1, 0.15) is 0 Å². The summed E-state index contributed by atoms with van der Waals surface area (Å²) in [5.41, 5.74) is 0.636. The Morgan fingerprint density at radius 1 is 1.21 bits per heavy atom. The fourth-order valence-corrected chi connectivity index (χ4v) is 3.38. The fourth-order valence-electron chi connectivity index (χ4n) is 2.66. The summed E-state index contributed by atoms with van der Waals surface area (Å²) >= 11 is 9.48. The Labute approximate surface area is 154 Å². The average Bonchev–Trinajstić information content (AvgIpc) is 2.59. The Hall–Kier alpha value is -1.63. The number of halogens is 2. The standard InChI is InChI=1S/C17H18BrClN4O/c18-13-4-5-15(14(19)11-13)21-17(24)12-22-7-9-23(10-8-22)16-3-1-2-6-20-16/h1-6,11H,7-10,12H2,(H,21,24). The minimum absolute atomic E-state index is 0.0505. The number of hydrogen-bond donors (Lipinski definition) is 1. The molecule has 1 aliphatic heterocycles. The van der Waals surface area contributed by atoms with Crippen molar-refractivity contribution in [3.05, 3.63) is 52.1 Å². The number of nitrogens with one attached hydrogen (secondary N) is 1. The van der Waals surface area contributed by atoms with Gasteiger partial charge in [-0.05, 0) is 30.3 Å². The molecule has 0 aliphatic carbocycles. The van der Waals surface area contributed by atoms with Crippen molar-refractivity contribution in [2.45, 2.75) is 0 Å². The molecule has 0 unspecified atom stereocenters. The lowest BCUT2D eigenvalue weighted by molar-refractivity contribution is -0.117. The van der Waals surface area contributed by atoms with Gasteiger partial charge in [0.05, 0.1) is 17.3 Å². The number of rotatable bonds is 4. The molecular formula is C17H18BrClN4O. The monoisotopic (exact) mass is 408 g/mol. The van der Waals surface area contributed by atoms with Crippen molar-refractivity contribution in [1.82, 2.24) is 9.88 Å². The van der Waals surface area contributed by atoms with Crippen molar-refractivity contribution < 1.29 is 4.79 Å². The molecule has 1 N–H and O–H groups in total. The molecule has 1 amide bonds. The summed E-state index contributed by atoms with van der Waals surface area (Å²) in [6, 6.07) is 11.3. The zero-order chi connectivity index (χ0) is 16.9. The Kier molecular flexibility index (Phi) is 5.71. The third-order valence-electron chi connectivity index (χ3n) is 3.92. The average molecular weight is 410 g/mol. The Bertz CT molecular complexity index is 705. The van der Waals surface area contributed by atoms with E-state index in [1.807, 2.05) is 24.3 Å². The Morgan fingerprint density at radius 3 is 2.67 bits per heavy atom. The summed E-state index contributed by atoms with van der Waals surface area (Å²) in [6.07, 6.45) is 1.80. The van der Waals surface area contributed by atoms with Gasteiger partial charge in [0.25, 0.3) is 0 Å². The molecule has 1 fully saturated rings. The summed E-state index contributed by atoms with van der Waals surface area (Å²) in [5, 5.41) is 3.39. The van der Waals surface area contributed by atoms with Gasteiger partial charge in [-0.15, -0.1) is 0 Å². The molecule has 126 valence electrons. The molecule has 0 saturated carbocycles. The smallest absolute Gasteiger partial charge is 0.238 e. The number of piperazine rings is 1. The van der Waals surface area contributed by atoms with E-state index in [-0.39, 0.29) is 5.91 Å². The predicted molar refractivity (Wildman–Crippen MR) is 101 cm³/mol. The predicted octanol–water partition coefficient (Wildman–Crippen LogP) is 3.26. The summed E-state index contributed by atoms with van der Waals surface area (Å²) in [4.78, 5) is 21.0. The lowest BCUT2D eigenvalue weighted by Gasteiger charge is -2.34. The topological polar surface area (TPSA) is 48.5 Å². The maximum absolute atomic E-state index is 12.2. The van der Waals surface area contributed by atoms with Gasteiger partial charge in [0.15, 0.2) is 0 Å². The van der Waals surface area contributed by atoms with Gasteiger partial charge in [0.2, 0.25) is 5.91 Å². The van der Waals surface area contributed by atoms with Crippen LogP contribution in [0.4, 0.5) is 11.5 Å². The van der Waals surface area contributed by atoms with Gasteiger partial charge in [-0.25, -0.2) is 4.98 Å². The molecule has 1 aromatic heterocycles. The number of benzene rings is 1. The highest BCUT2D eigenvalue weighted by Crippen LogP contribution is 2.25. The van der Waals surface area contributed by atoms with Crippen LogP contribution < -0.4 is 10.2 Å². The molecule has 1 aromatic carbocycles. The number of carbonyl (C=O) groups excluding carboxylic acids is 1. The number of pyridine rings is 1. The van der Waals surface area contributed by atoms with Crippen LogP contribution >= 0.6 is 27.5 Å². The molecule has 3 rings (SSSR count). The van der Waals surface area contributed by atoms with Gasteiger partial charge < -0.3 is 10.2 Å². The first kappa shape index (κ1) is 17.2. The largest absolute Gasteiger partial charge is 0.354 e. The van der Waals surface area contributed by atoms with Crippen LogP contribution in [0.2, 0.25) is 5.02 Å². The molecule has 0 bridgehead atoms. The molecule has 1 saturated heterocycles. The van der Waals surface area contributed by atoms with E-state index in [1.54, 1.807) is 18.3 Å². The van der Waals surface area contributed by atoms with Crippen LogP contribution in [0.3, 0.4) is 0 Å². The van der Waals surface area contributed by atoms with Gasteiger partial charge in [0, 0.05) is 36.8 Å². The van der Waals surface area contributed by atoms with Gasteiger partial charge in [0.1, 0.15) is 5.82 Å². The van der Waals surface area contributed by atoms with E-state index in [9.17, 15) is 4.79 Å². The number of amides is 1. The van der Waals surface area contributed by atoms with Crippen LogP contribution in [0.25, 0.3) is 0 Å². The van der Waals surface area contributed by atoms with E-state index in [0.29, 0.717) is 17.3 Å². The molecule has 0 spiro atoms. The van der Waals surface area contributed by atoms with Gasteiger partial charge >= 0.3 is 0 Å². The number of nitrogens with zero attached hydrogens (tertiary/aromatic N) is 3. The quantitative estimate of drug-likeness (QED) is 0.842. The number of anilines is 2. The zero-order valence-electron chi connectivity index (χ0n) is 13.1. The molecule has 0 atom stereocenters. The summed E-state index contributed by atoms with van der Waals surface area (Å²) in [5.74, 6) is 0.939. The highest BCUT2D eigenvalue weighted by Gasteiger charge is 2.20. The number of hydrogen-bond acceptors (Lipinski definition) is 4. The normalized spacial score (nSPS) is 15.3. The highest BCUT2D eigenvalue weighted by atomic mass is 79.9. The van der Waals surface area contributed by atoms with Crippen LogP contribution in [0, 0.1) is 0 Å². The van der Waals surface area contributed by atoms with Crippen molar-refractivity contribution in [3.8, 4) is 0 Å². The second kappa shape index (κ2) is 7.96. The van der Waals surface area contributed by atoms with Crippen LogP contribution in [0.5, 0.6) is 0 Å². The summed E-state index contributed by atoms with van der Waals surface area (Å²) in [6.45, 7) is 3.76. The van der Waals surface area contributed by atoms with E-state index in [2.05, 4.69) is 36.0 Å². The van der Waals surface area contributed by atoms with E-state index in [4.69, 9.17) is 11.6 Å². The third-order valence-corrected chi connectivity index (χ3v) is 4.72. The Morgan fingerprint density at radius 2 is 2.00 bits per heavy atom. The molecule has 1 aliphatic rings. The van der Waals surface area contributed by atoms with Crippen LogP contribution in [0.15, 0.2) is 47.1 Å². The molecule has 7 heteroatoms.